The Balaban J connectivity index is 0.00000108. The summed E-state index contributed by atoms with van der Waals surface area (Å²) < 4.78 is 13.1. The minimum Gasteiger partial charge on any atom is -0.508 e. The number of hydrogen-bond acceptors (Lipinski definition) is 7. The molecule has 0 radical (unpaired) electrons. The van der Waals surface area contributed by atoms with E-state index in [2.05, 4.69) is 29.7 Å². The summed E-state index contributed by atoms with van der Waals surface area (Å²) in [5.74, 6) is 2.04. The normalized spacial score (nSPS) is 16.7. The second-order valence-corrected chi connectivity index (χ2v) is 10.2. The Hall–Kier alpha value is -4.57. The van der Waals surface area contributed by atoms with Gasteiger partial charge in [0.1, 0.15) is 17.3 Å². The molecule has 1 aliphatic carbocycles. The summed E-state index contributed by atoms with van der Waals surface area (Å²) in [5, 5.41) is 25.2. The molecule has 2 aromatic carbocycles. The van der Waals surface area contributed by atoms with E-state index >= 15 is 0 Å². The van der Waals surface area contributed by atoms with Crippen molar-refractivity contribution in [1.29, 1.82) is 0 Å². The number of phenolic OH excluding ortho intramolecular Hbond substituents is 1. The number of phenols is 1. The van der Waals surface area contributed by atoms with Gasteiger partial charge in [-0.15, -0.1) is 0 Å². The van der Waals surface area contributed by atoms with Gasteiger partial charge in [-0.2, -0.15) is 5.10 Å². The summed E-state index contributed by atoms with van der Waals surface area (Å²) in [5.41, 5.74) is 14.5. The van der Waals surface area contributed by atoms with Crippen molar-refractivity contribution >= 4 is 29.2 Å². The molecule has 5 N–H and O–H groups in total. The Labute approximate surface area is 238 Å². The fourth-order valence-electron chi connectivity index (χ4n) is 5.22. The van der Waals surface area contributed by atoms with Gasteiger partial charge in [-0.25, -0.2) is 9.51 Å². The summed E-state index contributed by atoms with van der Waals surface area (Å²) in [6, 6.07) is 13.8. The van der Waals surface area contributed by atoms with Crippen LogP contribution in [0.5, 0.6) is 11.5 Å². The van der Waals surface area contributed by atoms with Gasteiger partial charge < -0.3 is 30.7 Å². The lowest BCUT2D eigenvalue weighted by molar-refractivity contribution is -0.122. The van der Waals surface area contributed by atoms with Crippen molar-refractivity contribution in [3.05, 3.63) is 71.5 Å². The van der Waals surface area contributed by atoms with E-state index in [-0.39, 0.29) is 18.3 Å². The van der Waals surface area contributed by atoms with Crippen LogP contribution >= 0.6 is 0 Å². The molecular weight excluding hydrogens is 522 g/mol. The van der Waals surface area contributed by atoms with E-state index in [9.17, 15) is 5.11 Å². The molecule has 10 nitrogen and oxygen atoms in total. The first-order valence-electron chi connectivity index (χ1n) is 13.7. The van der Waals surface area contributed by atoms with Crippen molar-refractivity contribution < 1.29 is 24.5 Å². The highest BCUT2D eigenvalue weighted by molar-refractivity contribution is 6.06. The largest absolute Gasteiger partial charge is 0.508 e. The van der Waals surface area contributed by atoms with Gasteiger partial charge in [0.2, 0.25) is 0 Å². The Bertz CT molecular complexity index is 1570. The van der Waals surface area contributed by atoms with E-state index < -0.39 is 0 Å². The van der Waals surface area contributed by atoms with Crippen LogP contribution in [0.3, 0.4) is 0 Å². The van der Waals surface area contributed by atoms with E-state index in [4.69, 9.17) is 35.2 Å². The number of nitrogens with two attached hydrogens (primary N) is 1. The number of aromatic hydroxyl groups is 1. The Morgan fingerprint density at radius 3 is 2.73 bits per heavy atom. The van der Waals surface area contributed by atoms with Gasteiger partial charge in [0.05, 0.1) is 48.4 Å². The summed E-state index contributed by atoms with van der Waals surface area (Å²) in [6.45, 7) is 3.15. The van der Waals surface area contributed by atoms with Gasteiger partial charge in [0, 0.05) is 18.4 Å². The van der Waals surface area contributed by atoms with Crippen molar-refractivity contribution in [2.45, 2.75) is 44.6 Å². The fourth-order valence-corrected chi connectivity index (χ4v) is 5.22. The van der Waals surface area contributed by atoms with E-state index in [0.29, 0.717) is 18.4 Å². The summed E-state index contributed by atoms with van der Waals surface area (Å²) in [7, 11) is 1.71. The van der Waals surface area contributed by atoms with Crippen LogP contribution in [0.2, 0.25) is 0 Å². The predicted molar refractivity (Wildman–Crippen MR) is 159 cm³/mol. The van der Waals surface area contributed by atoms with Gasteiger partial charge in [0.25, 0.3) is 6.47 Å². The zero-order chi connectivity index (χ0) is 28.9. The maximum Gasteiger partial charge on any atom is 0.290 e. The lowest BCUT2D eigenvalue weighted by atomic mass is 9.98. The molecule has 0 amide bonds. The van der Waals surface area contributed by atoms with Crippen LogP contribution in [0.15, 0.2) is 59.9 Å². The molecule has 1 saturated carbocycles. The number of amidine groups is 1. The van der Waals surface area contributed by atoms with Gasteiger partial charge in [0.15, 0.2) is 0 Å². The number of nitrogens with zero attached hydrogens (tertiary/aromatic N) is 3. The monoisotopic (exact) mass is 557 g/mol. The molecule has 0 bridgehead atoms. The smallest absolute Gasteiger partial charge is 0.290 e. The minimum absolute atomic E-state index is 0.175. The lowest BCUT2D eigenvalue weighted by Crippen LogP contribution is -2.24. The Morgan fingerprint density at radius 2 is 2.05 bits per heavy atom. The molecule has 10 heteroatoms. The van der Waals surface area contributed by atoms with E-state index in [1.807, 2.05) is 17.5 Å². The SMILES string of the molecule is CCc1cc(O)ccc1N=C(N)c1cnn2cc(-c3ccc(OC)cc3C3CC3)cc2c1N[C@H]1CCOC1.O=CO. The number of fused-ring (bicyclic) bond motifs is 1. The molecule has 41 heavy (non-hydrogen) atoms. The number of anilines is 1. The predicted octanol–water partition coefficient (Wildman–Crippen LogP) is 5.09. The van der Waals surface area contributed by atoms with Gasteiger partial charge in [-0.1, -0.05) is 13.0 Å². The van der Waals surface area contributed by atoms with Crippen molar-refractivity contribution in [2.75, 3.05) is 25.6 Å². The molecule has 2 fully saturated rings. The third kappa shape index (κ3) is 6.12. The lowest BCUT2D eigenvalue weighted by Gasteiger charge is -2.17. The van der Waals surface area contributed by atoms with Gasteiger partial charge in [-0.05, 0) is 84.7 Å². The third-order valence-electron chi connectivity index (χ3n) is 7.46. The van der Waals surface area contributed by atoms with E-state index in [0.717, 1.165) is 58.8 Å². The van der Waals surface area contributed by atoms with Crippen LogP contribution in [-0.4, -0.2) is 58.5 Å². The van der Waals surface area contributed by atoms with Crippen molar-refractivity contribution in [2.24, 2.45) is 10.7 Å². The van der Waals surface area contributed by atoms with Gasteiger partial charge >= 0.3 is 0 Å². The molecule has 1 saturated heterocycles. The van der Waals surface area contributed by atoms with Crippen LogP contribution in [0, 0.1) is 0 Å². The maximum atomic E-state index is 9.90. The molecule has 214 valence electrons. The zero-order valence-electron chi connectivity index (χ0n) is 23.2. The second kappa shape index (κ2) is 12.3. The number of nitrogens with one attached hydrogen (secondary N) is 1. The van der Waals surface area contributed by atoms with E-state index in [1.165, 1.54) is 24.0 Å². The molecule has 0 spiro atoms. The van der Waals surface area contributed by atoms with Crippen LogP contribution in [0.4, 0.5) is 11.4 Å². The number of aryl methyl sites for hydroxylation is 1. The number of aliphatic imine (C=N–C) groups is 1. The molecule has 2 aliphatic rings. The number of carboxylic acid groups (broad SMARTS) is 1. The highest BCUT2D eigenvalue weighted by atomic mass is 16.5. The van der Waals surface area contributed by atoms with Crippen molar-refractivity contribution in [1.82, 2.24) is 9.61 Å². The maximum absolute atomic E-state index is 9.90. The number of methoxy groups -OCH3 is 1. The molecule has 2 aromatic heterocycles. The average molecular weight is 558 g/mol. The first kappa shape index (κ1) is 28.0. The molecule has 0 unspecified atom stereocenters. The quantitative estimate of drug-likeness (QED) is 0.133. The van der Waals surface area contributed by atoms with Gasteiger partial charge in [-0.3, -0.25) is 4.79 Å². The average Bonchev–Trinajstić information content (AvgIpc) is 3.52. The van der Waals surface area contributed by atoms with Crippen LogP contribution in [0.25, 0.3) is 16.6 Å². The zero-order valence-corrected chi connectivity index (χ0v) is 23.2. The molecule has 6 rings (SSSR count). The number of carbonyl (C=O) groups is 1. The number of hydrogen-bond donors (Lipinski definition) is 4. The first-order valence-corrected chi connectivity index (χ1v) is 13.7. The standard InChI is InChI=1S/C30H33N5O3.CH2O2/c1-3-18-12-22(36)6-9-27(18)34-30(31)26-15-32-35-16-20(13-28(35)29(26)33-21-10-11-38-17-21)24-8-7-23(37-2)14-25(24)19-4-5-19;2-1-3/h6-9,12-16,19,21,33,36H,3-5,10-11,17H2,1-2H3,(H2,31,34);1H,(H,2,3)/t21-;/m0./s1. The highest BCUT2D eigenvalue weighted by Crippen LogP contribution is 2.46. The first-order chi connectivity index (χ1) is 19.9. The van der Waals surface area contributed by atoms with Crippen LogP contribution in [-0.2, 0) is 16.0 Å². The summed E-state index contributed by atoms with van der Waals surface area (Å²) in [4.78, 5) is 13.1. The topological polar surface area (TPSA) is 144 Å². The van der Waals surface area contributed by atoms with Crippen LogP contribution in [0.1, 0.15) is 48.8 Å². The number of rotatable bonds is 8. The fraction of sp³-hybridized carbons (Fsp3) is 0.323. The van der Waals surface area contributed by atoms with Crippen molar-refractivity contribution in [3.63, 3.8) is 0 Å². The number of ether oxygens (including phenoxy) is 2. The number of benzene rings is 2. The molecule has 4 aromatic rings. The minimum atomic E-state index is -0.250. The Morgan fingerprint density at radius 1 is 1.24 bits per heavy atom. The third-order valence-corrected chi connectivity index (χ3v) is 7.46. The highest BCUT2D eigenvalue weighted by Gasteiger charge is 2.28. The van der Waals surface area contributed by atoms with E-state index in [1.54, 1.807) is 31.5 Å². The molecule has 3 heterocycles. The Kier molecular flexibility index (Phi) is 8.39. The summed E-state index contributed by atoms with van der Waals surface area (Å²) >= 11 is 0. The molecular formula is C31H35N5O5. The molecule has 1 atom stereocenters. The number of aromatic nitrogens is 2. The molecule has 1 aliphatic heterocycles. The second-order valence-electron chi connectivity index (χ2n) is 10.2. The summed E-state index contributed by atoms with van der Waals surface area (Å²) in [6.07, 6.45) is 7.90. The van der Waals surface area contributed by atoms with Crippen LogP contribution < -0.4 is 15.8 Å². The van der Waals surface area contributed by atoms with Crippen molar-refractivity contribution in [3.8, 4) is 22.6 Å².